The van der Waals surface area contributed by atoms with Gasteiger partial charge in [-0.2, -0.15) is 0 Å². The lowest BCUT2D eigenvalue weighted by atomic mass is 10.1. The predicted molar refractivity (Wildman–Crippen MR) is 99.8 cm³/mol. The number of aromatic amines is 1. The molecule has 3 aromatic rings. The Morgan fingerprint density at radius 3 is 2.58 bits per heavy atom. The van der Waals surface area contributed by atoms with Crippen LogP contribution in [0.15, 0.2) is 49.2 Å². The van der Waals surface area contributed by atoms with Crippen LogP contribution < -0.4 is 0 Å². The summed E-state index contributed by atoms with van der Waals surface area (Å²) in [5.74, 6) is 0.0682. The van der Waals surface area contributed by atoms with Crippen LogP contribution in [0, 0.1) is 0 Å². The Kier molecular flexibility index (Phi) is 4.60. The Hall–Kier alpha value is -2.45. The summed E-state index contributed by atoms with van der Waals surface area (Å²) in [6.45, 7) is 1.62. The van der Waals surface area contributed by atoms with Gasteiger partial charge in [0.05, 0.1) is 41.7 Å². The van der Waals surface area contributed by atoms with E-state index in [4.69, 9.17) is 0 Å². The zero-order valence-electron chi connectivity index (χ0n) is 14.4. The third kappa shape index (κ3) is 3.30. The van der Waals surface area contributed by atoms with E-state index in [1.54, 1.807) is 23.2 Å². The van der Waals surface area contributed by atoms with Gasteiger partial charge in [-0.15, -0.1) is 0 Å². The molecule has 0 aliphatic carbocycles. The molecule has 2 aromatic heterocycles. The quantitative estimate of drug-likeness (QED) is 0.721. The molecule has 0 saturated carbocycles. The lowest BCUT2D eigenvalue weighted by molar-refractivity contribution is 0.474. The monoisotopic (exact) mass is 371 g/mol. The van der Waals surface area contributed by atoms with E-state index in [1.165, 1.54) is 0 Å². The highest BCUT2D eigenvalue weighted by atomic mass is 32.2. The molecule has 136 valence electrons. The zero-order valence-corrected chi connectivity index (χ0v) is 15.2. The Labute approximate surface area is 152 Å². The maximum atomic E-state index is 12.6. The van der Waals surface area contributed by atoms with Crippen LogP contribution in [0.25, 0.3) is 22.6 Å². The largest absolute Gasteiger partial charge is 0.343 e. The van der Waals surface area contributed by atoms with Crippen molar-refractivity contribution in [3.63, 3.8) is 0 Å². The second-order valence-corrected chi connectivity index (χ2v) is 8.48. The van der Waals surface area contributed by atoms with Crippen LogP contribution in [0.2, 0.25) is 0 Å². The number of rotatable bonds is 6. The predicted octanol–water partition coefficient (Wildman–Crippen LogP) is 2.37. The number of benzene rings is 1. The van der Waals surface area contributed by atoms with Crippen molar-refractivity contribution < 1.29 is 8.42 Å². The maximum Gasteiger partial charge on any atom is 0.215 e. The SMILES string of the molecule is O=S(=O)(CCn1cnc(-c2ccccc2)c1-c1cnc[nH]1)N1CCCC1. The summed E-state index contributed by atoms with van der Waals surface area (Å²) in [6.07, 6.45) is 6.94. The number of nitrogens with one attached hydrogen (secondary N) is 1. The number of hydrogen-bond donors (Lipinski definition) is 1. The molecule has 1 aliphatic heterocycles. The zero-order chi connectivity index (χ0) is 18.0. The van der Waals surface area contributed by atoms with Crippen LogP contribution >= 0.6 is 0 Å². The van der Waals surface area contributed by atoms with Gasteiger partial charge in [-0.05, 0) is 12.8 Å². The third-order valence-corrected chi connectivity index (χ3v) is 6.54. The van der Waals surface area contributed by atoms with Gasteiger partial charge in [-0.3, -0.25) is 0 Å². The third-order valence-electron chi connectivity index (χ3n) is 4.69. The van der Waals surface area contributed by atoms with Gasteiger partial charge in [-0.1, -0.05) is 30.3 Å². The summed E-state index contributed by atoms with van der Waals surface area (Å²) in [7, 11) is -3.24. The molecular weight excluding hydrogens is 350 g/mol. The highest BCUT2D eigenvalue weighted by Crippen LogP contribution is 2.30. The topological polar surface area (TPSA) is 83.9 Å². The minimum atomic E-state index is -3.24. The minimum absolute atomic E-state index is 0.0682. The van der Waals surface area contributed by atoms with Crippen molar-refractivity contribution >= 4 is 10.0 Å². The maximum absolute atomic E-state index is 12.6. The summed E-state index contributed by atoms with van der Waals surface area (Å²) in [5, 5.41) is 0. The van der Waals surface area contributed by atoms with E-state index in [1.807, 2.05) is 34.9 Å². The fraction of sp³-hybridized carbons (Fsp3) is 0.333. The molecule has 8 heteroatoms. The minimum Gasteiger partial charge on any atom is -0.343 e. The Morgan fingerprint density at radius 1 is 1.12 bits per heavy atom. The number of H-pyrrole nitrogens is 1. The first kappa shape index (κ1) is 17.0. The molecule has 1 saturated heterocycles. The Morgan fingerprint density at radius 2 is 1.88 bits per heavy atom. The second kappa shape index (κ2) is 7.05. The van der Waals surface area contributed by atoms with Gasteiger partial charge in [0.2, 0.25) is 10.0 Å². The first-order valence-corrected chi connectivity index (χ1v) is 10.3. The molecule has 0 spiro atoms. The number of aryl methyl sites for hydroxylation is 1. The normalized spacial score (nSPS) is 15.5. The summed E-state index contributed by atoms with van der Waals surface area (Å²) >= 11 is 0. The van der Waals surface area contributed by atoms with Gasteiger partial charge in [-0.25, -0.2) is 22.7 Å². The van der Waals surface area contributed by atoms with Crippen molar-refractivity contribution in [2.24, 2.45) is 0 Å². The number of sulfonamides is 1. The van der Waals surface area contributed by atoms with Crippen LogP contribution in [-0.2, 0) is 16.6 Å². The molecule has 0 amide bonds. The second-order valence-electron chi connectivity index (χ2n) is 6.39. The van der Waals surface area contributed by atoms with E-state index in [9.17, 15) is 8.42 Å². The molecule has 3 heterocycles. The van der Waals surface area contributed by atoms with Crippen LogP contribution in [0.3, 0.4) is 0 Å². The smallest absolute Gasteiger partial charge is 0.215 e. The Bertz CT molecular complexity index is 958. The van der Waals surface area contributed by atoms with Gasteiger partial charge >= 0.3 is 0 Å². The number of aromatic nitrogens is 4. The fourth-order valence-corrected chi connectivity index (χ4v) is 4.84. The lowest BCUT2D eigenvalue weighted by Gasteiger charge is -2.16. The van der Waals surface area contributed by atoms with Gasteiger partial charge in [0.1, 0.15) is 0 Å². The van der Waals surface area contributed by atoms with Crippen LogP contribution in [0.1, 0.15) is 12.8 Å². The average Bonchev–Trinajstić information content (AvgIpc) is 3.42. The molecule has 1 aromatic carbocycles. The van der Waals surface area contributed by atoms with Crippen LogP contribution in [-0.4, -0.2) is 51.1 Å². The molecule has 26 heavy (non-hydrogen) atoms. The molecule has 7 nitrogen and oxygen atoms in total. The highest BCUT2D eigenvalue weighted by Gasteiger charge is 2.26. The molecule has 0 bridgehead atoms. The lowest BCUT2D eigenvalue weighted by Crippen LogP contribution is -2.31. The summed E-state index contributed by atoms with van der Waals surface area (Å²) in [4.78, 5) is 11.8. The summed E-state index contributed by atoms with van der Waals surface area (Å²) in [5.41, 5.74) is 3.47. The van der Waals surface area contributed by atoms with E-state index in [0.717, 1.165) is 35.5 Å². The van der Waals surface area contributed by atoms with Crippen molar-refractivity contribution in [2.75, 3.05) is 18.8 Å². The summed E-state index contributed by atoms with van der Waals surface area (Å²) in [6, 6.07) is 9.87. The van der Waals surface area contributed by atoms with Gasteiger partial charge < -0.3 is 9.55 Å². The standard InChI is InChI=1S/C18H21N5O2S/c24-26(25,23-8-4-5-9-23)11-10-22-14-21-17(15-6-2-1-3-7-15)18(22)16-12-19-13-20-16/h1-3,6-7,12-14H,4-5,8-11H2,(H,19,20). The first-order valence-electron chi connectivity index (χ1n) is 8.72. The molecule has 1 fully saturated rings. The van der Waals surface area contributed by atoms with E-state index in [2.05, 4.69) is 15.0 Å². The molecular formula is C18H21N5O2S. The van der Waals surface area contributed by atoms with Crippen LogP contribution in [0.4, 0.5) is 0 Å². The fourth-order valence-electron chi connectivity index (χ4n) is 3.34. The highest BCUT2D eigenvalue weighted by molar-refractivity contribution is 7.89. The first-order chi connectivity index (χ1) is 12.6. The van der Waals surface area contributed by atoms with Crippen molar-refractivity contribution in [1.29, 1.82) is 0 Å². The number of hydrogen-bond acceptors (Lipinski definition) is 4. The van der Waals surface area contributed by atoms with E-state index < -0.39 is 10.0 Å². The van der Waals surface area contributed by atoms with E-state index >= 15 is 0 Å². The van der Waals surface area contributed by atoms with Gasteiger partial charge in [0.15, 0.2) is 0 Å². The van der Waals surface area contributed by atoms with Crippen molar-refractivity contribution in [1.82, 2.24) is 23.8 Å². The molecule has 1 N–H and O–H groups in total. The van der Waals surface area contributed by atoms with Crippen LogP contribution in [0.5, 0.6) is 0 Å². The van der Waals surface area contributed by atoms with E-state index in [-0.39, 0.29) is 5.75 Å². The van der Waals surface area contributed by atoms with Crippen molar-refractivity contribution in [3.05, 3.63) is 49.2 Å². The summed E-state index contributed by atoms with van der Waals surface area (Å²) < 4.78 is 28.6. The Balaban J connectivity index is 1.65. The average molecular weight is 371 g/mol. The molecule has 1 aliphatic rings. The number of imidazole rings is 2. The molecule has 0 atom stereocenters. The molecule has 4 rings (SSSR count). The van der Waals surface area contributed by atoms with Gasteiger partial charge in [0.25, 0.3) is 0 Å². The van der Waals surface area contributed by atoms with Crippen molar-refractivity contribution in [3.8, 4) is 22.6 Å². The van der Waals surface area contributed by atoms with E-state index in [0.29, 0.717) is 19.6 Å². The molecule has 0 unspecified atom stereocenters. The van der Waals surface area contributed by atoms with Crippen molar-refractivity contribution in [2.45, 2.75) is 19.4 Å². The van der Waals surface area contributed by atoms with Gasteiger partial charge in [0, 0.05) is 25.2 Å². The number of nitrogens with zero attached hydrogens (tertiary/aromatic N) is 4. The molecule has 0 radical (unpaired) electrons.